The molecule has 6 fully saturated rings. The van der Waals surface area contributed by atoms with Gasteiger partial charge < -0.3 is 76.5 Å². The van der Waals surface area contributed by atoms with Crippen molar-refractivity contribution in [2.45, 2.75) is 353 Å². The molecule has 3 aromatic carbocycles. The van der Waals surface area contributed by atoms with E-state index in [1.807, 2.05) is 46.8 Å². The van der Waals surface area contributed by atoms with Crippen molar-refractivity contribution >= 4 is 71.7 Å². The molecule has 3 aromatic rings. The first-order valence-corrected chi connectivity index (χ1v) is 49.1. The van der Waals surface area contributed by atoms with Gasteiger partial charge in [0, 0.05) is 28.6 Å². The Morgan fingerprint density at radius 3 is 0.812 bits per heavy atom. The third kappa shape index (κ3) is 32.5. The Bertz CT molecular complexity index is 3950. The Balaban J connectivity index is 0.000000243. The molecule has 2 unspecified atom stereocenters. The van der Waals surface area contributed by atoms with Crippen LogP contribution in [0.3, 0.4) is 0 Å². The summed E-state index contributed by atoms with van der Waals surface area (Å²) in [6.45, 7) is 18.2. The van der Waals surface area contributed by atoms with Crippen LogP contribution < -0.4 is 48.0 Å². The van der Waals surface area contributed by atoms with E-state index in [0.29, 0.717) is 76.2 Å². The molecular weight excluding hydrogens is 1590 g/mol. The SMILES string of the molecule is CCCCC(C)(C)c1cc(OC(=O)CCC(=O)[O-])c(C2CCC(C3CCCCC3)CC2)c(OC(=O)CCC(=O)[O-])c1.CCCCC(C)(C)c1cc(OC(=O)CS(=O)(=O)[O-])c(C2CCC(C3CCCCC3)CC2)c(OC(=O)CS(=O)(=O)[O-])c1.CCCCC(C)(C)c1cc(OP(=O)([O-])O)c(C2CCC(C3CCCCC3)CC2)c(OP(=O)([O-])O)c1. The molecule has 660 valence electrons. The van der Waals surface area contributed by atoms with Gasteiger partial charge in [-0.1, -0.05) is 197 Å². The van der Waals surface area contributed by atoms with Crippen molar-refractivity contribution < 1.29 is 122 Å². The van der Waals surface area contributed by atoms with E-state index in [1.54, 1.807) is 24.3 Å². The van der Waals surface area contributed by atoms with Crippen LogP contribution in [-0.2, 0) is 74.4 Å². The third-order valence-electron chi connectivity index (χ3n) is 25.6. The fourth-order valence-electron chi connectivity index (χ4n) is 19.0. The number of carbonyl (C=O) groups is 6. The first-order chi connectivity index (χ1) is 54.9. The first kappa shape index (κ1) is 98.3. The molecule has 117 heavy (non-hydrogen) atoms. The Morgan fingerprint density at radius 1 is 0.368 bits per heavy atom. The molecule has 0 spiro atoms. The summed E-state index contributed by atoms with van der Waals surface area (Å²) in [5.74, 6) is -5.58. The molecule has 0 heterocycles. The minimum Gasteiger partial charge on any atom is -0.748 e. The van der Waals surface area contributed by atoms with Crippen LogP contribution in [0.15, 0.2) is 36.4 Å². The van der Waals surface area contributed by atoms with E-state index in [9.17, 15) is 93.6 Å². The standard InChI is InChI=1S/C33H48O8.C29H44O10S2.C25H42O8P2/c1-4-5-19-33(2,3)25-20-26(40-30(38)17-15-28(34)35)32(27(21-25)41-31(39)18-16-29(36)37)24-13-11-23(12-14-24)22-9-7-6-8-10-22;1-4-5-15-29(2,3)23-16-24(38-26(30)18-40(32,33)34)28(25(17-23)39-27(31)19-41(35,36)37)22-13-11-21(12-14-22)20-9-7-6-8-10-20;1-4-5-15-25(2,3)21-16-22(32-34(26,27)28)24(23(17-21)33-35(29,30)31)20-13-11-19(12-14-20)18-9-7-6-8-10-18/h20-24H,4-19H2,1-3H3,(H,34,35)(H,36,37);16-17,20-22H,4-15,18-19H2,1-3H3,(H,32,33,34)(H,35,36,37);16-20H,4-15H2,1-3H3,(H2,26,27,28)(H2,29,30,31)/p-6. The fourth-order valence-corrected chi connectivity index (χ4v) is 20.5. The Kier molecular flexibility index (Phi) is 37.7. The molecule has 0 amide bonds. The summed E-state index contributed by atoms with van der Waals surface area (Å²) in [4.78, 5) is 115. The van der Waals surface area contributed by atoms with Crippen LogP contribution in [-0.4, -0.2) is 83.0 Å². The monoisotopic (exact) mass is 1710 g/mol. The van der Waals surface area contributed by atoms with Crippen LogP contribution in [0.5, 0.6) is 34.5 Å². The molecule has 6 aliphatic carbocycles. The van der Waals surface area contributed by atoms with E-state index >= 15 is 0 Å². The predicted octanol–water partition coefficient (Wildman–Crippen LogP) is 15.5. The van der Waals surface area contributed by atoms with Gasteiger partial charge in [-0.25, -0.2) is 16.8 Å². The molecule has 0 saturated heterocycles. The van der Waals surface area contributed by atoms with Crippen LogP contribution >= 0.6 is 15.6 Å². The minimum absolute atomic E-state index is 0.0180. The number of hydrogen-bond acceptors (Lipinski definition) is 24. The number of benzene rings is 3. The van der Waals surface area contributed by atoms with Crippen molar-refractivity contribution in [3.05, 3.63) is 69.8 Å². The molecule has 30 heteroatoms. The van der Waals surface area contributed by atoms with Gasteiger partial charge in [0.05, 0.1) is 12.8 Å². The second-order valence-electron chi connectivity index (χ2n) is 35.8. The smallest absolute Gasteiger partial charge is 0.325 e. The van der Waals surface area contributed by atoms with Gasteiger partial charge in [-0.15, -0.1) is 0 Å². The highest BCUT2D eigenvalue weighted by Gasteiger charge is 2.40. The highest BCUT2D eigenvalue weighted by atomic mass is 32.2. The molecule has 9 rings (SSSR count). The maximum Gasteiger partial charge on any atom is 0.325 e. The lowest BCUT2D eigenvalue weighted by molar-refractivity contribution is -0.307. The molecular formula is C87H128O26P2S2-6. The number of esters is 4. The lowest BCUT2D eigenvalue weighted by Crippen LogP contribution is -2.26. The molecule has 2 N–H and O–H groups in total. The maximum atomic E-state index is 12.8. The minimum atomic E-state index is -5.18. The van der Waals surface area contributed by atoms with Crippen LogP contribution in [0.25, 0.3) is 0 Å². The number of unbranched alkanes of at least 4 members (excludes halogenated alkanes) is 3. The highest BCUT2D eigenvalue weighted by molar-refractivity contribution is 7.86. The van der Waals surface area contributed by atoms with Crippen molar-refractivity contribution in [2.24, 2.45) is 35.5 Å². The van der Waals surface area contributed by atoms with E-state index < -0.39 is 107 Å². The summed E-state index contributed by atoms with van der Waals surface area (Å²) < 4.78 is 124. The van der Waals surface area contributed by atoms with Gasteiger partial charge in [0.15, 0.2) is 0 Å². The predicted molar refractivity (Wildman–Crippen MR) is 432 cm³/mol. The van der Waals surface area contributed by atoms with E-state index in [-0.39, 0.29) is 64.6 Å². The third-order valence-corrected chi connectivity index (χ3v) is 27.6. The van der Waals surface area contributed by atoms with Crippen LogP contribution in [0.2, 0.25) is 0 Å². The number of aliphatic carboxylic acids is 2. The fraction of sp³-hybridized carbons (Fsp3) is 0.724. The van der Waals surface area contributed by atoms with Gasteiger partial charge in [0.1, 0.15) is 66.2 Å². The molecule has 0 radical (unpaired) electrons. The zero-order chi connectivity index (χ0) is 86.3. The number of ether oxygens (including phenoxy) is 4. The molecule has 0 aliphatic heterocycles. The number of carboxylic acids is 2. The van der Waals surface area contributed by atoms with Gasteiger partial charge in [0.25, 0.3) is 0 Å². The quantitative estimate of drug-likeness (QED) is 0.0236. The number of phosphoric ester groups is 2. The number of carboxylic acid groups (broad SMARTS) is 2. The average Bonchev–Trinajstić information content (AvgIpc) is 0.777. The van der Waals surface area contributed by atoms with Gasteiger partial charge in [-0.05, 0) is 232 Å². The number of phosphoric acid groups is 2. The Hall–Kier alpha value is -5.80. The van der Waals surface area contributed by atoms with Crippen molar-refractivity contribution in [2.75, 3.05) is 11.5 Å². The summed E-state index contributed by atoms with van der Waals surface area (Å²) in [5, 5.41) is 22.0. The van der Waals surface area contributed by atoms with Gasteiger partial charge in [-0.3, -0.25) is 28.3 Å². The normalized spacial score (nSPS) is 21.9. The summed E-state index contributed by atoms with van der Waals surface area (Å²) in [7, 11) is -20.2. The van der Waals surface area contributed by atoms with E-state index in [2.05, 4.69) is 27.7 Å². The number of carbonyl (C=O) groups excluding carboxylic acids is 6. The number of rotatable bonds is 36. The summed E-state index contributed by atoms with van der Waals surface area (Å²) in [5.41, 5.74) is 2.03. The number of hydrogen-bond donors (Lipinski definition) is 2. The van der Waals surface area contributed by atoms with Crippen LogP contribution in [0, 0.1) is 35.5 Å². The van der Waals surface area contributed by atoms with Crippen molar-refractivity contribution in [1.29, 1.82) is 0 Å². The molecule has 26 nitrogen and oxygen atoms in total. The van der Waals surface area contributed by atoms with Gasteiger partial charge in [0.2, 0.25) is 0 Å². The molecule has 2 atom stereocenters. The van der Waals surface area contributed by atoms with E-state index in [0.717, 1.165) is 133 Å². The van der Waals surface area contributed by atoms with E-state index in [1.165, 1.54) is 96.3 Å². The maximum absolute atomic E-state index is 12.8. The molecule has 0 aromatic heterocycles. The lowest BCUT2D eigenvalue weighted by Gasteiger charge is -2.37. The molecule has 6 aliphatic rings. The van der Waals surface area contributed by atoms with Crippen molar-refractivity contribution in [3.8, 4) is 34.5 Å². The summed E-state index contributed by atoms with van der Waals surface area (Å²) >= 11 is 0. The Morgan fingerprint density at radius 2 is 0.590 bits per heavy atom. The summed E-state index contributed by atoms with van der Waals surface area (Å²) in [6, 6.07) is 10.1. The zero-order valence-electron chi connectivity index (χ0n) is 70.3. The largest absolute Gasteiger partial charge is 0.748 e. The second kappa shape index (κ2) is 44.8. The average molecular weight is 1720 g/mol. The zero-order valence-corrected chi connectivity index (χ0v) is 73.7. The van der Waals surface area contributed by atoms with Gasteiger partial charge >= 0.3 is 39.5 Å². The van der Waals surface area contributed by atoms with Crippen LogP contribution in [0.4, 0.5) is 0 Å². The topological polar surface area (TPSA) is 439 Å². The lowest BCUT2D eigenvalue weighted by atomic mass is 9.69. The molecule has 0 bridgehead atoms. The van der Waals surface area contributed by atoms with Gasteiger partial charge in [-0.2, -0.15) is 0 Å². The summed E-state index contributed by atoms with van der Waals surface area (Å²) in [6.07, 6.45) is 35.6. The highest BCUT2D eigenvalue weighted by Crippen LogP contribution is 2.56. The first-order valence-electron chi connectivity index (χ1n) is 43.0. The van der Waals surface area contributed by atoms with Crippen molar-refractivity contribution in [3.63, 3.8) is 0 Å². The Labute approximate surface area is 693 Å². The van der Waals surface area contributed by atoms with Crippen LogP contribution in [0.1, 0.15) is 370 Å². The van der Waals surface area contributed by atoms with Crippen molar-refractivity contribution in [1.82, 2.24) is 0 Å². The second-order valence-corrected chi connectivity index (χ2v) is 40.9. The molecule has 6 saturated carbocycles. The van der Waals surface area contributed by atoms with E-state index in [4.69, 9.17) is 28.0 Å².